The van der Waals surface area contributed by atoms with E-state index in [-0.39, 0.29) is 5.56 Å². The van der Waals surface area contributed by atoms with Crippen molar-refractivity contribution in [3.05, 3.63) is 23.8 Å². The number of hydrogen-bond acceptors (Lipinski definition) is 3. The second-order valence-electron chi connectivity index (χ2n) is 5.80. The minimum Gasteiger partial charge on any atom is -0.399 e. The molecule has 0 unspecified atom stereocenters. The zero-order valence-corrected chi connectivity index (χ0v) is 12.1. The first kappa shape index (κ1) is 15.0. The minimum atomic E-state index is -2.48. The normalized spacial score (nSPS) is 17.2. The summed E-state index contributed by atoms with van der Waals surface area (Å²) in [4.78, 5) is 4.43. The molecule has 2 rings (SSSR count). The summed E-state index contributed by atoms with van der Waals surface area (Å²) in [5.74, 6) is 0.634. The van der Waals surface area contributed by atoms with Gasteiger partial charge >= 0.3 is 0 Å². The van der Waals surface area contributed by atoms with Crippen LogP contribution in [0.15, 0.2) is 18.2 Å². The minimum absolute atomic E-state index is 0.0438. The van der Waals surface area contributed by atoms with E-state index in [0.717, 1.165) is 32.7 Å². The quantitative estimate of drug-likeness (QED) is 0.862. The Kier molecular flexibility index (Phi) is 4.81. The summed E-state index contributed by atoms with van der Waals surface area (Å²) < 4.78 is 26.2. The van der Waals surface area contributed by atoms with Gasteiger partial charge in [-0.2, -0.15) is 0 Å². The molecule has 0 saturated carbocycles. The highest BCUT2D eigenvalue weighted by atomic mass is 19.3. The predicted octanol–water partition coefficient (Wildman–Crippen LogP) is 2.98. The van der Waals surface area contributed by atoms with Crippen LogP contribution in [0, 0.1) is 5.92 Å². The van der Waals surface area contributed by atoms with Crippen LogP contribution in [-0.4, -0.2) is 37.6 Å². The van der Waals surface area contributed by atoms with E-state index in [1.54, 1.807) is 12.1 Å². The lowest BCUT2D eigenvalue weighted by atomic mass is 10.1. The number of piperazine rings is 1. The van der Waals surface area contributed by atoms with E-state index in [9.17, 15) is 8.78 Å². The highest BCUT2D eigenvalue weighted by Gasteiger charge is 2.22. The molecule has 1 aliphatic heterocycles. The number of anilines is 2. The Morgan fingerprint density at radius 3 is 2.35 bits per heavy atom. The second-order valence-corrected chi connectivity index (χ2v) is 5.80. The number of nitrogens with zero attached hydrogens (tertiary/aromatic N) is 2. The molecule has 1 heterocycles. The molecule has 1 saturated heterocycles. The predicted molar refractivity (Wildman–Crippen MR) is 79.3 cm³/mol. The molecular formula is C15H23F2N3. The maximum absolute atomic E-state index is 13.1. The Labute approximate surface area is 119 Å². The van der Waals surface area contributed by atoms with Gasteiger partial charge in [-0.15, -0.1) is 0 Å². The second kappa shape index (κ2) is 6.39. The molecule has 0 aromatic heterocycles. The average Bonchev–Trinajstić information content (AvgIpc) is 2.39. The van der Waals surface area contributed by atoms with E-state index in [2.05, 4.69) is 18.7 Å². The van der Waals surface area contributed by atoms with Crippen molar-refractivity contribution in [1.29, 1.82) is 0 Å². The van der Waals surface area contributed by atoms with Gasteiger partial charge in [0.15, 0.2) is 0 Å². The SMILES string of the molecule is CC(C)CN1CCN(c2ccc(N)cc2C(F)F)CC1. The number of benzene rings is 1. The Morgan fingerprint density at radius 2 is 1.80 bits per heavy atom. The van der Waals surface area contributed by atoms with Gasteiger partial charge in [0.2, 0.25) is 0 Å². The first-order chi connectivity index (χ1) is 9.47. The maximum Gasteiger partial charge on any atom is 0.265 e. The zero-order chi connectivity index (χ0) is 14.7. The summed E-state index contributed by atoms with van der Waals surface area (Å²) in [6.07, 6.45) is -2.48. The molecule has 2 N–H and O–H groups in total. The number of alkyl halides is 2. The van der Waals surface area contributed by atoms with Crippen molar-refractivity contribution in [2.75, 3.05) is 43.4 Å². The van der Waals surface area contributed by atoms with Crippen molar-refractivity contribution in [3.63, 3.8) is 0 Å². The molecule has 3 nitrogen and oxygen atoms in total. The van der Waals surface area contributed by atoms with Crippen molar-refractivity contribution in [2.45, 2.75) is 20.3 Å². The summed E-state index contributed by atoms with van der Waals surface area (Å²) in [5.41, 5.74) is 6.67. The number of rotatable bonds is 4. The van der Waals surface area contributed by atoms with Crippen LogP contribution in [0.3, 0.4) is 0 Å². The molecule has 0 radical (unpaired) electrons. The molecule has 20 heavy (non-hydrogen) atoms. The summed E-state index contributed by atoms with van der Waals surface area (Å²) in [6, 6.07) is 4.80. The smallest absolute Gasteiger partial charge is 0.265 e. The summed E-state index contributed by atoms with van der Waals surface area (Å²) in [7, 11) is 0. The molecule has 1 aromatic carbocycles. The topological polar surface area (TPSA) is 32.5 Å². The molecule has 5 heteroatoms. The lowest BCUT2D eigenvalue weighted by Gasteiger charge is -2.37. The number of nitrogens with two attached hydrogens (primary N) is 1. The van der Waals surface area contributed by atoms with Gasteiger partial charge in [0, 0.05) is 49.7 Å². The van der Waals surface area contributed by atoms with Gasteiger partial charge in [-0.25, -0.2) is 8.78 Å². The lowest BCUT2D eigenvalue weighted by Crippen LogP contribution is -2.47. The third-order valence-corrected chi connectivity index (χ3v) is 3.62. The molecular weight excluding hydrogens is 260 g/mol. The fraction of sp³-hybridized carbons (Fsp3) is 0.600. The van der Waals surface area contributed by atoms with Gasteiger partial charge in [0.25, 0.3) is 6.43 Å². The van der Waals surface area contributed by atoms with Gasteiger partial charge in [-0.3, -0.25) is 4.90 Å². The molecule has 0 atom stereocenters. The Bertz CT molecular complexity index is 441. The lowest BCUT2D eigenvalue weighted by molar-refractivity contribution is 0.151. The van der Waals surface area contributed by atoms with Crippen LogP contribution >= 0.6 is 0 Å². The van der Waals surface area contributed by atoms with E-state index in [4.69, 9.17) is 5.73 Å². The fourth-order valence-corrected chi connectivity index (χ4v) is 2.72. The monoisotopic (exact) mass is 283 g/mol. The van der Waals surface area contributed by atoms with Crippen LogP contribution in [0.25, 0.3) is 0 Å². The van der Waals surface area contributed by atoms with Gasteiger partial charge in [0.05, 0.1) is 0 Å². The molecule has 1 aliphatic rings. The van der Waals surface area contributed by atoms with Crippen LogP contribution in [0.1, 0.15) is 25.8 Å². The van der Waals surface area contributed by atoms with Crippen molar-refractivity contribution < 1.29 is 8.78 Å². The third kappa shape index (κ3) is 3.60. The van der Waals surface area contributed by atoms with Gasteiger partial charge in [-0.1, -0.05) is 13.8 Å². The van der Waals surface area contributed by atoms with Crippen molar-refractivity contribution >= 4 is 11.4 Å². The molecule has 0 aliphatic carbocycles. The van der Waals surface area contributed by atoms with Crippen molar-refractivity contribution in [2.24, 2.45) is 5.92 Å². The fourth-order valence-electron chi connectivity index (χ4n) is 2.72. The van der Waals surface area contributed by atoms with E-state index in [0.29, 0.717) is 17.3 Å². The van der Waals surface area contributed by atoms with Crippen LogP contribution in [0.4, 0.5) is 20.2 Å². The standard InChI is InChI=1S/C15H23F2N3/c1-11(2)10-19-5-7-20(8-6-19)14-4-3-12(18)9-13(14)15(16)17/h3-4,9,11,15H,5-8,10,18H2,1-2H3. The number of hydrogen-bond donors (Lipinski definition) is 1. The molecule has 112 valence electrons. The van der Waals surface area contributed by atoms with E-state index in [1.165, 1.54) is 6.07 Å². The number of nitrogen functional groups attached to an aromatic ring is 1. The van der Waals surface area contributed by atoms with Crippen LogP contribution in [0.2, 0.25) is 0 Å². The highest BCUT2D eigenvalue weighted by molar-refractivity contribution is 5.60. The van der Waals surface area contributed by atoms with Gasteiger partial charge in [0.1, 0.15) is 0 Å². The largest absolute Gasteiger partial charge is 0.399 e. The molecule has 1 aromatic rings. The average molecular weight is 283 g/mol. The summed E-state index contributed by atoms with van der Waals surface area (Å²) in [6.45, 7) is 8.88. The molecule has 0 bridgehead atoms. The molecule has 0 spiro atoms. The van der Waals surface area contributed by atoms with Gasteiger partial charge in [-0.05, 0) is 24.1 Å². The third-order valence-electron chi connectivity index (χ3n) is 3.62. The Morgan fingerprint density at radius 1 is 1.15 bits per heavy atom. The summed E-state index contributed by atoms with van der Waals surface area (Å²) in [5, 5.41) is 0. The van der Waals surface area contributed by atoms with Crippen LogP contribution in [0.5, 0.6) is 0 Å². The zero-order valence-electron chi connectivity index (χ0n) is 12.1. The van der Waals surface area contributed by atoms with E-state index < -0.39 is 6.43 Å². The van der Waals surface area contributed by atoms with Crippen LogP contribution < -0.4 is 10.6 Å². The van der Waals surface area contributed by atoms with Gasteiger partial charge < -0.3 is 10.6 Å². The van der Waals surface area contributed by atoms with E-state index in [1.807, 2.05) is 4.90 Å². The molecule has 0 amide bonds. The highest BCUT2D eigenvalue weighted by Crippen LogP contribution is 2.32. The Hall–Kier alpha value is -1.36. The van der Waals surface area contributed by atoms with Crippen molar-refractivity contribution in [1.82, 2.24) is 4.90 Å². The summed E-state index contributed by atoms with van der Waals surface area (Å²) >= 11 is 0. The Balaban J connectivity index is 2.07. The van der Waals surface area contributed by atoms with Crippen molar-refractivity contribution in [3.8, 4) is 0 Å². The molecule has 1 fully saturated rings. The first-order valence-electron chi connectivity index (χ1n) is 7.12. The first-order valence-corrected chi connectivity index (χ1v) is 7.12. The van der Waals surface area contributed by atoms with Crippen LogP contribution in [-0.2, 0) is 0 Å². The maximum atomic E-state index is 13.1. The number of halogens is 2. The van der Waals surface area contributed by atoms with E-state index >= 15 is 0 Å².